The fraction of sp³-hybridized carbons (Fsp3) is 0.294. The van der Waals surface area contributed by atoms with Crippen LogP contribution in [0.2, 0.25) is 5.02 Å². The minimum absolute atomic E-state index is 0.201. The molecular weight excluding hydrogens is 410 g/mol. The van der Waals surface area contributed by atoms with Gasteiger partial charge in [0, 0.05) is 6.20 Å². The summed E-state index contributed by atoms with van der Waals surface area (Å²) < 4.78 is 10.1. The van der Waals surface area contributed by atoms with Gasteiger partial charge in [-0.1, -0.05) is 11.6 Å². The molecule has 2 N–H and O–H groups in total. The highest BCUT2D eigenvalue weighted by Gasteiger charge is 2.26. The molecule has 2 heterocycles. The minimum Gasteiger partial charge on any atom is -0.462 e. The molecule has 0 aromatic carbocycles. The number of carbonyl (C=O) groups excluding carboxylic acids is 2. The number of anilines is 2. The molecule has 27 heavy (non-hydrogen) atoms. The molecule has 0 atom stereocenters. The molecule has 2 aromatic rings. The van der Waals surface area contributed by atoms with Gasteiger partial charge in [0.15, 0.2) is 5.11 Å². The van der Waals surface area contributed by atoms with Crippen molar-refractivity contribution in [1.82, 2.24) is 4.98 Å². The van der Waals surface area contributed by atoms with Crippen molar-refractivity contribution in [2.24, 2.45) is 0 Å². The number of hydrogen-bond donors (Lipinski definition) is 2. The van der Waals surface area contributed by atoms with Crippen LogP contribution in [0.3, 0.4) is 0 Å². The largest absolute Gasteiger partial charge is 0.462 e. The van der Waals surface area contributed by atoms with Gasteiger partial charge in [-0.15, -0.1) is 11.3 Å². The Hall–Kier alpha value is -2.23. The number of nitrogens with zero attached hydrogens (tertiary/aromatic N) is 1. The zero-order chi connectivity index (χ0) is 20.0. The summed E-state index contributed by atoms with van der Waals surface area (Å²) in [5, 5.41) is 6.90. The fourth-order valence-corrected chi connectivity index (χ4v) is 3.62. The Bertz CT molecular complexity index is 853. The highest BCUT2D eigenvalue weighted by molar-refractivity contribution is 7.80. The number of thiophene rings is 1. The predicted octanol–water partition coefficient (Wildman–Crippen LogP) is 4.27. The van der Waals surface area contributed by atoms with E-state index in [1.807, 2.05) is 0 Å². The predicted molar refractivity (Wildman–Crippen MR) is 110 cm³/mol. The van der Waals surface area contributed by atoms with Gasteiger partial charge in [-0.05, 0) is 50.7 Å². The Kier molecular flexibility index (Phi) is 7.52. The lowest BCUT2D eigenvalue weighted by molar-refractivity contribution is 0.0527. The van der Waals surface area contributed by atoms with E-state index in [0.717, 1.165) is 11.3 Å². The number of rotatable bonds is 6. The number of carbonyl (C=O) groups is 2. The zero-order valence-electron chi connectivity index (χ0n) is 14.9. The number of halogens is 1. The van der Waals surface area contributed by atoms with Crippen LogP contribution in [-0.4, -0.2) is 35.2 Å². The monoisotopic (exact) mass is 427 g/mol. The van der Waals surface area contributed by atoms with Gasteiger partial charge in [-0.3, -0.25) is 0 Å². The Morgan fingerprint density at radius 1 is 1.19 bits per heavy atom. The van der Waals surface area contributed by atoms with Crippen molar-refractivity contribution in [3.8, 4) is 0 Å². The van der Waals surface area contributed by atoms with E-state index in [1.54, 1.807) is 32.9 Å². The van der Waals surface area contributed by atoms with Crippen LogP contribution in [0, 0.1) is 6.92 Å². The second kappa shape index (κ2) is 9.63. The Balaban J connectivity index is 2.28. The molecule has 2 rings (SSSR count). The van der Waals surface area contributed by atoms with Crippen LogP contribution in [0.5, 0.6) is 0 Å². The summed E-state index contributed by atoms with van der Waals surface area (Å²) in [6.45, 7) is 5.52. The van der Waals surface area contributed by atoms with Crippen LogP contribution < -0.4 is 10.6 Å². The van der Waals surface area contributed by atoms with Crippen LogP contribution in [-0.2, 0) is 9.47 Å². The number of esters is 2. The lowest BCUT2D eigenvalue weighted by atomic mass is 10.1. The molecule has 0 saturated carbocycles. The second-order valence-corrected chi connectivity index (χ2v) is 7.01. The van der Waals surface area contributed by atoms with E-state index < -0.39 is 11.9 Å². The first kappa shape index (κ1) is 21.1. The molecule has 0 spiro atoms. The van der Waals surface area contributed by atoms with Gasteiger partial charge < -0.3 is 20.1 Å². The lowest BCUT2D eigenvalue weighted by Crippen LogP contribution is -2.20. The van der Waals surface area contributed by atoms with Gasteiger partial charge in [0.1, 0.15) is 15.7 Å². The van der Waals surface area contributed by atoms with Crippen molar-refractivity contribution in [3.63, 3.8) is 0 Å². The van der Waals surface area contributed by atoms with Crippen molar-refractivity contribution >= 4 is 63.0 Å². The summed E-state index contributed by atoms with van der Waals surface area (Å²) in [5.41, 5.74) is 0.727. The van der Waals surface area contributed by atoms with Crippen LogP contribution in [0.25, 0.3) is 0 Å². The van der Waals surface area contributed by atoms with Gasteiger partial charge >= 0.3 is 11.9 Å². The Morgan fingerprint density at radius 2 is 1.85 bits per heavy atom. The average molecular weight is 428 g/mol. The van der Waals surface area contributed by atoms with E-state index in [2.05, 4.69) is 15.6 Å². The van der Waals surface area contributed by atoms with Crippen LogP contribution in [0.15, 0.2) is 18.3 Å². The molecule has 144 valence electrons. The summed E-state index contributed by atoms with van der Waals surface area (Å²) in [7, 11) is 0. The zero-order valence-corrected chi connectivity index (χ0v) is 17.3. The van der Waals surface area contributed by atoms with Crippen LogP contribution in [0.1, 0.15) is 39.4 Å². The summed E-state index contributed by atoms with van der Waals surface area (Å²) >= 11 is 12.2. The van der Waals surface area contributed by atoms with Gasteiger partial charge in [0.2, 0.25) is 0 Å². The smallest absolute Gasteiger partial charge is 0.348 e. The molecule has 7 nitrogen and oxygen atoms in total. The van der Waals surface area contributed by atoms with E-state index >= 15 is 0 Å². The molecule has 0 fully saturated rings. The molecule has 0 amide bonds. The quantitative estimate of drug-likeness (QED) is 0.522. The van der Waals surface area contributed by atoms with Gasteiger partial charge in [0.05, 0.1) is 23.8 Å². The maximum atomic E-state index is 12.4. The topological polar surface area (TPSA) is 89.5 Å². The van der Waals surface area contributed by atoms with Crippen molar-refractivity contribution < 1.29 is 19.1 Å². The van der Waals surface area contributed by atoms with E-state index in [4.69, 9.17) is 33.3 Å². The lowest BCUT2D eigenvalue weighted by Gasteiger charge is -2.10. The maximum Gasteiger partial charge on any atom is 0.348 e. The highest BCUT2D eigenvalue weighted by Crippen LogP contribution is 2.34. The second-order valence-electron chi connectivity index (χ2n) is 5.14. The molecule has 2 aromatic heterocycles. The molecule has 10 heteroatoms. The van der Waals surface area contributed by atoms with Gasteiger partial charge in [-0.2, -0.15) is 0 Å². The molecule has 0 aliphatic heterocycles. The molecule has 0 bridgehead atoms. The van der Waals surface area contributed by atoms with Crippen molar-refractivity contribution in [1.29, 1.82) is 0 Å². The first-order valence-electron chi connectivity index (χ1n) is 8.04. The normalized spacial score (nSPS) is 10.2. The molecule has 0 saturated heterocycles. The molecule has 0 unspecified atom stereocenters. The van der Waals surface area contributed by atoms with Crippen molar-refractivity contribution in [2.45, 2.75) is 20.8 Å². The van der Waals surface area contributed by atoms with Gasteiger partial charge in [0.25, 0.3) is 0 Å². The molecule has 0 aliphatic carbocycles. The van der Waals surface area contributed by atoms with E-state index in [1.165, 1.54) is 6.20 Å². The number of aromatic nitrogens is 1. The SMILES string of the molecule is CCOC(=O)c1sc(NC(=S)Nc2ccc(Cl)cn2)c(C(=O)OCC)c1C. The summed E-state index contributed by atoms with van der Waals surface area (Å²) in [6.07, 6.45) is 1.48. The number of ether oxygens (including phenoxy) is 2. The Morgan fingerprint density at radius 3 is 2.44 bits per heavy atom. The average Bonchev–Trinajstić information content (AvgIpc) is 2.93. The molecule has 0 aliphatic rings. The third-order valence-electron chi connectivity index (χ3n) is 3.28. The summed E-state index contributed by atoms with van der Waals surface area (Å²) in [4.78, 5) is 28.9. The van der Waals surface area contributed by atoms with E-state index in [9.17, 15) is 9.59 Å². The molecule has 0 radical (unpaired) electrons. The molecular formula is C17H18ClN3O4S2. The summed E-state index contributed by atoms with van der Waals surface area (Å²) in [6, 6.07) is 3.32. The highest BCUT2D eigenvalue weighted by atomic mass is 35.5. The van der Waals surface area contributed by atoms with E-state index in [0.29, 0.717) is 26.3 Å². The van der Waals surface area contributed by atoms with E-state index in [-0.39, 0.29) is 23.9 Å². The first-order valence-corrected chi connectivity index (χ1v) is 9.64. The van der Waals surface area contributed by atoms with Crippen LogP contribution >= 0.6 is 35.2 Å². The van der Waals surface area contributed by atoms with Crippen molar-refractivity contribution in [2.75, 3.05) is 23.8 Å². The third-order valence-corrected chi connectivity index (χ3v) is 4.90. The number of nitrogens with one attached hydrogen (secondary N) is 2. The minimum atomic E-state index is -0.545. The van der Waals surface area contributed by atoms with Gasteiger partial charge in [-0.25, -0.2) is 14.6 Å². The van der Waals surface area contributed by atoms with Crippen molar-refractivity contribution in [3.05, 3.63) is 39.4 Å². The number of thiocarbonyl (C=S) groups is 1. The Labute approximate surface area is 171 Å². The number of hydrogen-bond acceptors (Lipinski definition) is 7. The number of pyridine rings is 1. The maximum absolute atomic E-state index is 12.4. The fourth-order valence-electron chi connectivity index (χ4n) is 2.14. The first-order chi connectivity index (χ1) is 12.9. The third kappa shape index (κ3) is 5.38. The van der Waals surface area contributed by atoms with Crippen LogP contribution in [0.4, 0.5) is 10.8 Å². The summed E-state index contributed by atoms with van der Waals surface area (Å²) in [5.74, 6) is -0.568. The standard InChI is InChI=1S/C17H18ClN3O4S2/c1-4-24-15(22)12-9(3)13(16(23)25-5-2)27-14(12)21-17(26)20-11-7-6-10(18)8-19-11/h6-8H,4-5H2,1-3H3,(H2,19,20,21,26).